The van der Waals surface area contributed by atoms with Crippen LogP contribution in [0, 0.1) is 6.92 Å². The molecular weight excluding hydrogens is 524 g/mol. The smallest absolute Gasteiger partial charge is 0.343 e. The lowest BCUT2D eigenvalue weighted by atomic mass is 10.2. The lowest BCUT2D eigenvalue weighted by Crippen LogP contribution is -2.19. The summed E-state index contributed by atoms with van der Waals surface area (Å²) in [6.45, 7) is 1.80. The number of nitrogens with one attached hydrogen (secondary N) is 1. The number of esters is 1. The van der Waals surface area contributed by atoms with E-state index in [1.807, 2.05) is 31.2 Å². The van der Waals surface area contributed by atoms with E-state index in [0.717, 1.165) is 16.8 Å². The van der Waals surface area contributed by atoms with Gasteiger partial charge >= 0.3 is 5.97 Å². The van der Waals surface area contributed by atoms with Gasteiger partial charge in [0.2, 0.25) is 0 Å². The van der Waals surface area contributed by atoms with Gasteiger partial charge in [0.15, 0.2) is 11.8 Å². The maximum atomic E-state index is 12.3. The van der Waals surface area contributed by atoms with E-state index in [1.165, 1.54) is 18.9 Å². The molecule has 1 saturated heterocycles. The highest BCUT2D eigenvalue weighted by Gasteiger charge is 2.24. The lowest BCUT2D eigenvalue weighted by molar-refractivity contribution is -0.142. The van der Waals surface area contributed by atoms with Gasteiger partial charge < -0.3 is 14.8 Å². The minimum Gasteiger partial charge on any atom is -0.480 e. The Bertz CT molecular complexity index is 997. The van der Waals surface area contributed by atoms with Crippen molar-refractivity contribution in [1.82, 2.24) is 5.32 Å². The molecule has 1 amide bonds. The maximum Gasteiger partial charge on any atom is 0.343 e. The van der Waals surface area contributed by atoms with Gasteiger partial charge in [-0.15, -0.1) is 0 Å². The number of thioether (sulfide) groups is 1. The van der Waals surface area contributed by atoms with Gasteiger partial charge in [-0.3, -0.25) is 4.79 Å². The van der Waals surface area contributed by atoms with Crippen molar-refractivity contribution in [2.75, 3.05) is 13.7 Å². The molecule has 1 heterocycles. The van der Waals surface area contributed by atoms with Crippen LogP contribution in [0.15, 0.2) is 55.2 Å². The van der Waals surface area contributed by atoms with Crippen LogP contribution in [0.4, 0.5) is 5.69 Å². The molecule has 3 rings (SSSR count). The first-order valence-corrected chi connectivity index (χ1v) is 10.8. The highest BCUT2D eigenvalue weighted by Crippen LogP contribution is 2.36. The van der Waals surface area contributed by atoms with Crippen LogP contribution in [0.2, 0.25) is 0 Å². The Morgan fingerprint density at radius 3 is 2.48 bits per heavy atom. The standard InChI is InChI=1S/C20H16Br2N2O4S/c1-11-3-5-13(6-4-11)23-20-24-19(26)16(29-20)9-12-7-14(21)18(15(22)8-12)28-10-17(25)27-2/h3-9H,10H2,1-2H3,(H,23,24,26)/b16-9+. The molecule has 6 nitrogen and oxygen atoms in total. The van der Waals surface area contributed by atoms with E-state index in [2.05, 4.69) is 46.9 Å². The fourth-order valence-corrected chi connectivity index (χ4v) is 4.65. The molecule has 2 aromatic carbocycles. The number of methoxy groups -OCH3 is 1. The summed E-state index contributed by atoms with van der Waals surface area (Å²) in [4.78, 5) is 28.6. The number of carbonyl (C=O) groups excluding carboxylic acids is 2. The molecule has 0 aromatic heterocycles. The van der Waals surface area contributed by atoms with Gasteiger partial charge in [0.1, 0.15) is 5.75 Å². The number of rotatable bonds is 5. The van der Waals surface area contributed by atoms with Crippen molar-refractivity contribution >= 4 is 72.4 Å². The second-order valence-corrected chi connectivity index (χ2v) is 8.74. The predicted molar refractivity (Wildman–Crippen MR) is 121 cm³/mol. The van der Waals surface area contributed by atoms with Crippen LogP contribution in [0.1, 0.15) is 11.1 Å². The zero-order chi connectivity index (χ0) is 21.0. The molecule has 2 aromatic rings. The summed E-state index contributed by atoms with van der Waals surface area (Å²) in [5, 5.41) is 3.30. The van der Waals surface area contributed by atoms with Crippen molar-refractivity contribution in [2.45, 2.75) is 6.92 Å². The summed E-state index contributed by atoms with van der Waals surface area (Å²) in [5.41, 5.74) is 2.70. The van der Waals surface area contributed by atoms with Crippen molar-refractivity contribution in [3.05, 3.63) is 61.4 Å². The number of aliphatic imine (C=N–C) groups is 1. The Hall–Kier alpha value is -2.10. The summed E-state index contributed by atoms with van der Waals surface area (Å²) in [6.07, 6.45) is 1.76. The Labute approximate surface area is 189 Å². The number of ether oxygens (including phenoxy) is 2. The van der Waals surface area contributed by atoms with Crippen molar-refractivity contribution in [2.24, 2.45) is 4.99 Å². The molecule has 0 bridgehead atoms. The molecule has 1 aliphatic heterocycles. The van der Waals surface area contributed by atoms with Gasteiger partial charge in [0.05, 0.1) is 26.6 Å². The Balaban J connectivity index is 1.78. The summed E-state index contributed by atoms with van der Waals surface area (Å²) in [5.74, 6) is -0.212. The van der Waals surface area contributed by atoms with Crippen LogP contribution in [0.5, 0.6) is 5.75 Å². The van der Waals surface area contributed by atoms with E-state index in [1.54, 1.807) is 18.2 Å². The summed E-state index contributed by atoms with van der Waals surface area (Å²) < 4.78 is 11.3. The highest BCUT2D eigenvalue weighted by molar-refractivity contribution is 9.11. The second-order valence-electron chi connectivity index (χ2n) is 6.00. The summed E-state index contributed by atoms with van der Waals surface area (Å²) >= 11 is 8.13. The topological polar surface area (TPSA) is 77.0 Å². The van der Waals surface area contributed by atoms with E-state index >= 15 is 0 Å². The van der Waals surface area contributed by atoms with Gasteiger partial charge in [-0.1, -0.05) is 17.7 Å². The lowest BCUT2D eigenvalue weighted by Gasteiger charge is -2.10. The Morgan fingerprint density at radius 1 is 1.21 bits per heavy atom. The van der Waals surface area contributed by atoms with Gasteiger partial charge in [-0.2, -0.15) is 0 Å². The average molecular weight is 540 g/mol. The third-order valence-corrected chi connectivity index (χ3v) is 5.88. The number of benzene rings is 2. The first-order chi connectivity index (χ1) is 13.9. The van der Waals surface area contributed by atoms with Gasteiger partial charge in [-0.05, 0) is 86.5 Å². The molecule has 0 atom stereocenters. The van der Waals surface area contributed by atoms with Crippen molar-refractivity contribution in [3.63, 3.8) is 0 Å². The third kappa shape index (κ3) is 5.71. The van der Waals surface area contributed by atoms with Gasteiger partial charge in [-0.25, -0.2) is 9.79 Å². The predicted octanol–water partition coefficient (Wildman–Crippen LogP) is 4.96. The van der Waals surface area contributed by atoms with Crippen molar-refractivity contribution < 1.29 is 19.1 Å². The third-order valence-electron chi connectivity index (χ3n) is 3.80. The molecule has 0 saturated carbocycles. The van der Waals surface area contributed by atoms with Crippen LogP contribution >= 0.6 is 43.6 Å². The molecule has 0 aliphatic carbocycles. The van der Waals surface area contributed by atoms with Crippen LogP contribution in [-0.4, -0.2) is 30.8 Å². The number of hydrogen-bond acceptors (Lipinski definition) is 6. The fourth-order valence-electron chi connectivity index (χ4n) is 2.36. The summed E-state index contributed by atoms with van der Waals surface area (Å²) in [7, 11) is 1.30. The highest BCUT2D eigenvalue weighted by atomic mass is 79.9. The van der Waals surface area contributed by atoms with E-state index < -0.39 is 5.97 Å². The molecule has 0 spiro atoms. The minimum atomic E-state index is -0.477. The normalized spacial score (nSPS) is 16.2. The van der Waals surface area contributed by atoms with E-state index in [4.69, 9.17) is 4.74 Å². The number of aryl methyl sites for hydroxylation is 1. The molecule has 9 heteroatoms. The number of amidine groups is 1. The molecule has 0 unspecified atom stereocenters. The second kappa shape index (κ2) is 9.60. The zero-order valence-corrected chi connectivity index (χ0v) is 19.5. The SMILES string of the molecule is COC(=O)COc1c(Br)cc(/C=C2/SC(=Nc3ccc(C)cc3)NC2=O)cc1Br. The number of hydrogen-bond donors (Lipinski definition) is 1. The van der Waals surface area contributed by atoms with E-state index in [9.17, 15) is 9.59 Å². The number of nitrogens with zero attached hydrogens (tertiary/aromatic N) is 1. The van der Waals surface area contributed by atoms with Crippen LogP contribution in [-0.2, 0) is 14.3 Å². The zero-order valence-electron chi connectivity index (χ0n) is 15.5. The van der Waals surface area contributed by atoms with Crippen LogP contribution in [0.3, 0.4) is 0 Å². The number of carbonyl (C=O) groups is 2. The molecule has 29 heavy (non-hydrogen) atoms. The fraction of sp³-hybridized carbons (Fsp3) is 0.150. The van der Waals surface area contributed by atoms with E-state index in [0.29, 0.717) is 24.8 Å². The molecular formula is C20H16Br2N2O4S. The quantitative estimate of drug-likeness (QED) is 0.429. The molecule has 1 N–H and O–H groups in total. The van der Waals surface area contributed by atoms with E-state index in [-0.39, 0.29) is 12.5 Å². The van der Waals surface area contributed by atoms with Gasteiger partial charge in [0, 0.05) is 0 Å². The molecule has 1 aliphatic rings. The van der Waals surface area contributed by atoms with Gasteiger partial charge in [0.25, 0.3) is 5.91 Å². The Morgan fingerprint density at radius 2 is 1.86 bits per heavy atom. The summed E-state index contributed by atoms with van der Waals surface area (Å²) in [6, 6.07) is 11.3. The first-order valence-electron chi connectivity index (χ1n) is 8.40. The monoisotopic (exact) mass is 538 g/mol. The van der Waals surface area contributed by atoms with Crippen molar-refractivity contribution in [3.8, 4) is 5.75 Å². The number of halogens is 2. The molecule has 0 radical (unpaired) electrons. The van der Waals surface area contributed by atoms with Crippen LogP contribution < -0.4 is 10.1 Å². The van der Waals surface area contributed by atoms with Crippen molar-refractivity contribution in [1.29, 1.82) is 0 Å². The largest absolute Gasteiger partial charge is 0.480 e. The average Bonchev–Trinajstić information content (AvgIpc) is 3.01. The maximum absolute atomic E-state index is 12.3. The molecule has 1 fully saturated rings. The number of amides is 1. The first kappa shape index (κ1) is 21.6. The minimum absolute atomic E-state index is 0.203. The van der Waals surface area contributed by atoms with Crippen LogP contribution in [0.25, 0.3) is 6.08 Å². The molecule has 150 valence electrons. The Kier molecular flexibility index (Phi) is 7.15.